The van der Waals surface area contributed by atoms with Crippen molar-refractivity contribution < 1.29 is 24.6 Å². The summed E-state index contributed by atoms with van der Waals surface area (Å²) < 4.78 is 5.37. The summed E-state index contributed by atoms with van der Waals surface area (Å²) in [7, 11) is 0. The first-order valence-electron chi connectivity index (χ1n) is 10.4. The average Bonchev–Trinajstić information content (AvgIpc) is 3.27. The molecule has 0 saturated carbocycles. The zero-order valence-electron chi connectivity index (χ0n) is 18.1. The Morgan fingerprint density at radius 2 is 1.82 bits per heavy atom. The Morgan fingerprint density at radius 1 is 1.12 bits per heavy atom. The molecule has 0 spiro atoms. The number of morpholine rings is 1. The maximum absolute atomic E-state index is 12.3. The average molecular weight is 468 g/mol. The van der Waals surface area contributed by atoms with Crippen molar-refractivity contribution in [3.63, 3.8) is 0 Å². The first-order valence-corrected chi connectivity index (χ1v) is 11.2. The highest BCUT2D eigenvalue weighted by atomic mass is 32.1. The second-order valence-corrected chi connectivity index (χ2v) is 8.57. The standard InChI is InChI=1S/C24H25N3O5S/c1-17(28)22(24(30)26-31)25-23(29)19-8-6-18(7-9-19)4-2-3-5-20-10-11-21(33-20)16-27-12-14-32-15-13-27/h6-11,17,22,28,31H,12-16H2,1H3,(H,25,29)(H,26,30)/t17-,22-/m0/s1. The van der Waals surface area contributed by atoms with E-state index in [-0.39, 0.29) is 5.56 Å². The quantitative estimate of drug-likeness (QED) is 0.286. The third-order valence-corrected chi connectivity index (χ3v) is 5.89. The van der Waals surface area contributed by atoms with Crippen molar-refractivity contribution in [3.05, 3.63) is 57.3 Å². The molecule has 0 radical (unpaired) electrons. The third kappa shape index (κ3) is 7.43. The molecule has 1 aromatic carbocycles. The number of nitrogens with one attached hydrogen (secondary N) is 2. The number of hydroxylamine groups is 1. The van der Waals surface area contributed by atoms with Crippen molar-refractivity contribution >= 4 is 23.2 Å². The number of aliphatic hydroxyl groups excluding tert-OH is 1. The molecule has 9 heteroatoms. The van der Waals surface area contributed by atoms with Gasteiger partial charge < -0.3 is 15.2 Å². The molecule has 33 heavy (non-hydrogen) atoms. The molecule has 2 atom stereocenters. The number of rotatable bonds is 6. The molecule has 1 aliphatic heterocycles. The molecule has 0 bridgehead atoms. The number of carbonyl (C=O) groups is 2. The minimum Gasteiger partial charge on any atom is -0.391 e. The minimum atomic E-state index is -1.27. The summed E-state index contributed by atoms with van der Waals surface area (Å²) in [5, 5.41) is 20.7. The van der Waals surface area contributed by atoms with Crippen molar-refractivity contribution in [1.82, 2.24) is 15.7 Å². The van der Waals surface area contributed by atoms with Gasteiger partial charge in [-0.3, -0.25) is 19.7 Å². The minimum absolute atomic E-state index is 0.286. The van der Waals surface area contributed by atoms with Gasteiger partial charge in [0.1, 0.15) is 6.04 Å². The molecular formula is C24H25N3O5S. The maximum Gasteiger partial charge on any atom is 0.268 e. The SMILES string of the molecule is C[C@H](O)[C@H](NC(=O)c1ccc(C#CC#Cc2ccc(CN3CCOCC3)s2)cc1)C(=O)NO. The molecule has 1 fully saturated rings. The molecule has 172 valence electrons. The van der Waals surface area contributed by atoms with E-state index >= 15 is 0 Å². The maximum atomic E-state index is 12.3. The monoisotopic (exact) mass is 467 g/mol. The van der Waals surface area contributed by atoms with Crippen molar-refractivity contribution in [3.8, 4) is 23.7 Å². The number of hydrogen-bond donors (Lipinski definition) is 4. The highest BCUT2D eigenvalue weighted by Crippen LogP contribution is 2.18. The predicted molar refractivity (Wildman–Crippen MR) is 123 cm³/mol. The van der Waals surface area contributed by atoms with Crippen LogP contribution in [0.2, 0.25) is 0 Å². The Kier molecular flexibility index (Phi) is 9.02. The Hall–Kier alpha value is -3.18. The van der Waals surface area contributed by atoms with E-state index in [9.17, 15) is 14.7 Å². The van der Waals surface area contributed by atoms with Crippen LogP contribution in [-0.2, 0) is 16.1 Å². The van der Waals surface area contributed by atoms with Gasteiger partial charge in [0.2, 0.25) is 0 Å². The van der Waals surface area contributed by atoms with Crippen molar-refractivity contribution in [2.75, 3.05) is 26.3 Å². The molecule has 0 unspecified atom stereocenters. The van der Waals surface area contributed by atoms with Gasteiger partial charge >= 0.3 is 0 Å². The summed E-state index contributed by atoms with van der Waals surface area (Å²) in [5.41, 5.74) is 2.39. The van der Waals surface area contributed by atoms with E-state index in [0.29, 0.717) is 5.56 Å². The fraction of sp³-hybridized carbons (Fsp3) is 0.333. The molecule has 3 rings (SSSR count). The van der Waals surface area contributed by atoms with Crippen molar-refractivity contribution in [2.45, 2.75) is 25.6 Å². The molecule has 1 saturated heterocycles. The highest BCUT2D eigenvalue weighted by molar-refractivity contribution is 7.12. The van der Waals surface area contributed by atoms with Crippen LogP contribution in [0.15, 0.2) is 36.4 Å². The van der Waals surface area contributed by atoms with Gasteiger partial charge in [-0.1, -0.05) is 5.92 Å². The van der Waals surface area contributed by atoms with Crippen LogP contribution >= 0.6 is 11.3 Å². The molecule has 1 aliphatic rings. The molecule has 0 aliphatic carbocycles. The van der Waals surface area contributed by atoms with Gasteiger partial charge in [-0.2, -0.15) is 0 Å². The van der Waals surface area contributed by atoms with Crippen LogP contribution in [0.1, 0.15) is 32.6 Å². The summed E-state index contributed by atoms with van der Waals surface area (Å²) in [6.45, 7) is 5.70. The molecule has 1 aromatic heterocycles. The van der Waals surface area contributed by atoms with Gasteiger partial charge in [0, 0.05) is 35.6 Å². The van der Waals surface area contributed by atoms with E-state index in [2.05, 4.69) is 40.0 Å². The number of nitrogens with zero attached hydrogens (tertiary/aromatic N) is 1. The smallest absolute Gasteiger partial charge is 0.268 e. The fourth-order valence-electron chi connectivity index (χ4n) is 3.11. The zero-order valence-corrected chi connectivity index (χ0v) is 18.9. The van der Waals surface area contributed by atoms with E-state index < -0.39 is 24.0 Å². The molecule has 4 N–H and O–H groups in total. The molecular weight excluding hydrogens is 442 g/mol. The lowest BCUT2D eigenvalue weighted by atomic mass is 10.1. The van der Waals surface area contributed by atoms with Crippen LogP contribution in [0.3, 0.4) is 0 Å². The van der Waals surface area contributed by atoms with E-state index in [1.54, 1.807) is 35.6 Å². The first-order chi connectivity index (χ1) is 16.0. The topological polar surface area (TPSA) is 111 Å². The van der Waals surface area contributed by atoms with Gasteiger partial charge in [0.05, 0.1) is 24.2 Å². The number of amides is 2. The summed E-state index contributed by atoms with van der Waals surface area (Å²) >= 11 is 1.66. The van der Waals surface area contributed by atoms with Crippen LogP contribution < -0.4 is 10.8 Å². The predicted octanol–water partition coefficient (Wildman–Crippen LogP) is 0.968. The number of benzene rings is 1. The van der Waals surface area contributed by atoms with E-state index in [4.69, 9.17) is 9.94 Å². The molecule has 2 aromatic rings. The van der Waals surface area contributed by atoms with Gasteiger partial charge in [-0.05, 0) is 61.1 Å². The van der Waals surface area contributed by atoms with Crippen molar-refractivity contribution in [2.24, 2.45) is 0 Å². The summed E-state index contributed by atoms with van der Waals surface area (Å²) in [5.74, 6) is 10.2. The third-order valence-electron chi connectivity index (χ3n) is 4.91. The number of ether oxygens (including phenoxy) is 1. The Bertz CT molecular complexity index is 1080. The van der Waals surface area contributed by atoms with Crippen LogP contribution in [0.4, 0.5) is 0 Å². The number of carbonyl (C=O) groups excluding carboxylic acids is 2. The lowest BCUT2D eigenvalue weighted by molar-refractivity contribution is -0.133. The lowest BCUT2D eigenvalue weighted by Gasteiger charge is -2.25. The Morgan fingerprint density at radius 3 is 2.48 bits per heavy atom. The zero-order chi connectivity index (χ0) is 23.6. The molecule has 2 heterocycles. The van der Waals surface area contributed by atoms with E-state index in [1.807, 2.05) is 6.07 Å². The van der Waals surface area contributed by atoms with Gasteiger partial charge in [0.15, 0.2) is 0 Å². The summed E-state index contributed by atoms with van der Waals surface area (Å²) in [6, 6.07) is 9.26. The number of aliphatic hydroxyl groups is 1. The van der Waals surface area contributed by atoms with Crippen molar-refractivity contribution in [1.29, 1.82) is 0 Å². The molecule has 2 amide bonds. The lowest BCUT2D eigenvalue weighted by Crippen LogP contribution is -2.51. The van der Waals surface area contributed by atoms with Gasteiger partial charge in [-0.15, -0.1) is 11.3 Å². The van der Waals surface area contributed by atoms with Crippen LogP contribution in [0.25, 0.3) is 0 Å². The highest BCUT2D eigenvalue weighted by Gasteiger charge is 2.25. The van der Waals surface area contributed by atoms with Crippen LogP contribution in [-0.4, -0.2) is 65.5 Å². The summed E-state index contributed by atoms with van der Waals surface area (Å²) in [6.07, 6.45) is -1.18. The largest absolute Gasteiger partial charge is 0.391 e. The second kappa shape index (κ2) is 12.2. The normalized spacial score (nSPS) is 15.2. The van der Waals surface area contributed by atoms with E-state index in [1.165, 1.54) is 17.3 Å². The Balaban J connectivity index is 1.55. The Labute approximate surface area is 196 Å². The number of hydrogen-bond acceptors (Lipinski definition) is 7. The van der Waals surface area contributed by atoms with Crippen LogP contribution in [0, 0.1) is 23.7 Å². The van der Waals surface area contributed by atoms with Gasteiger partial charge in [0.25, 0.3) is 11.8 Å². The van der Waals surface area contributed by atoms with E-state index in [0.717, 1.165) is 37.7 Å². The van der Waals surface area contributed by atoms with Gasteiger partial charge in [-0.25, -0.2) is 5.48 Å². The number of thiophene rings is 1. The second-order valence-electron chi connectivity index (χ2n) is 7.40. The molecule has 8 nitrogen and oxygen atoms in total. The summed E-state index contributed by atoms with van der Waals surface area (Å²) in [4.78, 5) is 28.4. The van der Waals surface area contributed by atoms with Crippen LogP contribution in [0.5, 0.6) is 0 Å². The first kappa shape index (κ1) is 24.5. The fourth-order valence-corrected chi connectivity index (χ4v) is 4.01.